The summed E-state index contributed by atoms with van der Waals surface area (Å²) in [7, 11) is 2.16. The molecular weight excluding hydrogens is 416 g/mol. The van der Waals surface area contributed by atoms with Crippen molar-refractivity contribution in [2.45, 2.75) is 38.6 Å². The number of fused-ring (bicyclic) bond motifs is 2. The van der Waals surface area contributed by atoms with Gasteiger partial charge in [0.25, 0.3) is 0 Å². The molecule has 33 heavy (non-hydrogen) atoms. The fraction of sp³-hybridized carbons (Fsp3) is 0.538. The van der Waals surface area contributed by atoms with Gasteiger partial charge in [-0.1, -0.05) is 18.2 Å². The van der Waals surface area contributed by atoms with Gasteiger partial charge in [-0.25, -0.2) is 4.98 Å². The average Bonchev–Trinajstić information content (AvgIpc) is 2.84. The topological polar surface area (TPSA) is 66.9 Å². The summed E-state index contributed by atoms with van der Waals surface area (Å²) in [5, 5.41) is 3.18. The van der Waals surface area contributed by atoms with Gasteiger partial charge < -0.3 is 19.7 Å². The smallest absolute Gasteiger partial charge is 0.234 e. The predicted molar refractivity (Wildman–Crippen MR) is 129 cm³/mol. The molecule has 1 amide bonds. The number of piperidine rings is 1. The molecular formula is C26H36N4O3. The molecule has 0 saturated carbocycles. The molecule has 1 aromatic heterocycles. The Labute approximate surface area is 197 Å². The van der Waals surface area contributed by atoms with E-state index < -0.39 is 0 Å². The monoisotopic (exact) mass is 452 g/mol. The number of ether oxygens (including phenoxy) is 2. The van der Waals surface area contributed by atoms with E-state index in [0.717, 1.165) is 69.6 Å². The lowest BCUT2D eigenvalue weighted by atomic mass is 9.97. The Morgan fingerprint density at radius 3 is 2.73 bits per heavy atom. The second-order valence-corrected chi connectivity index (χ2v) is 9.19. The third-order valence-corrected chi connectivity index (χ3v) is 6.47. The Morgan fingerprint density at radius 2 is 1.88 bits per heavy atom. The minimum Gasteiger partial charge on any atom is -0.490 e. The van der Waals surface area contributed by atoms with Crippen molar-refractivity contribution in [2.24, 2.45) is 5.92 Å². The maximum atomic E-state index is 12.8. The normalized spacial score (nSPS) is 18.9. The summed E-state index contributed by atoms with van der Waals surface area (Å²) in [5.74, 6) is 2.64. The van der Waals surface area contributed by atoms with Crippen molar-refractivity contribution in [2.75, 3.05) is 46.4 Å². The molecule has 2 aromatic rings. The minimum absolute atomic E-state index is 0.0956. The van der Waals surface area contributed by atoms with Crippen molar-refractivity contribution >= 4 is 5.91 Å². The molecule has 0 bridgehead atoms. The average molecular weight is 453 g/mol. The maximum Gasteiger partial charge on any atom is 0.234 e. The number of hydrogen-bond donors (Lipinski definition) is 1. The van der Waals surface area contributed by atoms with Gasteiger partial charge in [-0.3, -0.25) is 9.69 Å². The van der Waals surface area contributed by atoms with Crippen molar-refractivity contribution in [3.63, 3.8) is 0 Å². The number of para-hydroxylation sites is 2. The van der Waals surface area contributed by atoms with E-state index >= 15 is 0 Å². The first-order chi connectivity index (χ1) is 16.2. The largest absolute Gasteiger partial charge is 0.490 e. The lowest BCUT2D eigenvalue weighted by Gasteiger charge is -2.29. The maximum absolute atomic E-state index is 12.8. The van der Waals surface area contributed by atoms with Gasteiger partial charge in [-0.2, -0.15) is 0 Å². The lowest BCUT2D eigenvalue weighted by molar-refractivity contribution is -0.122. The molecule has 3 heterocycles. The van der Waals surface area contributed by atoms with E-state index in [4.69, 9.17) is 9.47 Å². The number of hydrogen-bond acceptors (Lipinski definition) is 6. The van der Waals surface area contributed by atoms with Gasteiger partial charge in [0.1, 0.15) is 0 Å². The molecule has 0 aliphatic carbocycles. The van der Waals surface area contributed by atoms with Crippen LogP contribution in [0.25, 0.3) is 0 Å². The highest BCUT2D eigenvalue weighted by Gasteiger charge is 2.19. The number of amides is 1. The van der Waals surface area contributed by atoms with E-state index in [0.29, 0.717) is 37.2 Å². The Morgan fingerprint density at radius 1 is 1.06 bits per heavy atom. The number of nitrogens with zero attached hydrogens (tertiary/aromatic N) is 3. The molecule has 1 fully saturated rings. The van der Waals surface area contributed by atoms with Crippen LogP contribution in [-0.2, 0) is 11.3 Å². The van der Waals surface area contributed by atoms with E-state index in [2.05, 4.69) is 27.1 Å². The zero-order valence-electron chi connectivity index (χ0n) is 19.7. The van der Waals surface area contributed by atoms with Crippen molar-refractivity contribution in [3.05, 3.63) is 48.2 Å². The lowest BCUT2D eigenvalue weighted by Crippen LogP contribution is -2.41. The third kappa shape index (κ3) is 7.17. The van der Waals surface area contributed by atoms with Crippen LogP contribution < -0.4 is 14.8 Å². The summed E-state index contributed by atoms with van der Waals surface area (Å²) in [6, 6.07) is 11.7. The number of nitrogens with one attached hydrogen (secondary N) is 1. The summed E-state index contributed by atoms with van der Waals surface area (Å²) in [6.07, 6.45) is 7.08. The number of benzene rings is 1. The molecule has 0 spiro atoms. The molecule has 1 N–H and O–H groups in total. The quantitative estimate of drug-likeness (QED) is 0.763. The van der Waals surface area contributed by atoms with Gasteiger partial charge in [0.2, 0.25) is 11.8 Å². The summed E-state index contributed by atoms with van der Waals surface area (Å²) < 4.78 is 12.1. The second-order valence-electron chi connectivity index (χ2n) is 9.19. The molecule has 1 aromatic carbocycles. The Bertz CT molecular complexity index is 899. The molecule has 2 aliphatic heterocycles. The van der Waals surface area contributed by atoms with Gasteiger partial charge in [-0.15, -0.1) is 0 Å². The molecule has 0 atom stereocenters. The zero-order valence-corrected chi connectivity index (χ0v) is 19.7. The molecule has 0 unspecified atom stereocenters. The van der Waals surface area contributed by atoms with E-state index in [1.807, 2.05) is 36.4 Å². The molecule has 0 radical (unpaired) electrons. The highest BCUT2D eigenvalue weighted by Crippen LogP contribution is 2.32. The first-order valence-corrected chi connectivity index (χ1v) is 12.2. The van der Waals surface area contributed by atoms with Gasteiger partial charge >= 0.3 is 0 Å². The van der Waals surface area contributed by atoms with Crippen LogP contribution in [-0.4, -0.2) is 67.1 Å². The fourth-order valence-corrected chi connectivity index (χ4v) is 4.43. The van der Waals surface area contributed by atoms with Crippen LogP contribution in [0.2, 0.25) is 0 Å². The van der Waals surface area contributed by atoms with E-state index in [1.54, 1.807) is 6.20 Å². The Kier molecular flexibility index (Phi) is 8.55. The molecule has 4 rings (SSSR count). The second kappa shape index (κ2) is 12.0. The number of carbonyl (C=O) groups is 1. The Hall–Kier alpha value is -2.64. The summed E-state index contributed by atoms with van der Waals surface area (Å²) in [4.78, 5) is 21.8. The van der Waals surface area contributed by atoms with Crippen LogP contribution in [0.4, 0.5) is 0 Å². The van der Waals surface area contributed by atoms with Gasteiger partial charge in [0.15, 0.2) is 11.5 Å². The number of likely N-dealkylation sites (tertiary alicyclic amines) is 1. The first-order valence-electron chi connectivity index (χ1n) is 12.2. The highest BCUT2D eigenvalue weighted by molar-refractivity contribution is 5.78. The summed E-state index contributed by atoms with van der Waals surface area (Å²) >= 11 is 0. The molecule has 7 nitrogen and oxygen atoms in total. The first kappa shape index (κ1) is 23.5. The zero-order chi connectivity index (χ0) is 22.9. The van der Waals surface area contributed by atoms with Crippen molar-refractivity contribution < 1.29 is 14.3 Å². The van der Waals surface area contributed by atoms with Crippen LogP contribution in [0.3, 0.4) is 0 Å². The third-order valence-electron chi connectivity index (χ3n) is 6.47. The molecule has 2 aliphatic rings. The fourth-order valence-electron chi connectivity index (χ4n) is 4.43. The van der Waals surface area contributed by atoms with Crippen LogP contribution in [0.1, 0.15) is 37.7 Å². The van der Waals surface area contributed by atoms with Gasteiger partial charge in [-0.05, 0) is 82.9 Å². The van der Waals surface area contributed by atoms with Crippen LogP contribution in [0.5, 0.6) is 17.4 Å². The van der Waals surface area contributed by atoms with Gasteiger partial charge in [0.05, 0.1) is 13.2 Å². The highest BCUT2D eigenvalue weighted by atomic mass is 16.5. The SMILES string of the molecule is CN1CCC(CNC(=O)CN2CCCCCOc3ccccc3Oc3ncccc3C2)CC1. The predicted octanol–water partition coefficient (Wildman–Crippen LogP) is 3.70. The minimum atomic E-state index is 0.0956. The Balaban J connectivity index is 1.42. The number of rotatable bonds is 4. The molecule has 178 valence electrons. The molecule has 1 saturated heterocycles. The van der Waals surface area contributed by atoms with E-state index in [1.165, 1.54) is 0 Å². The van der Waals surface area contributed by atoms with Gasteiger partial charge in [0, 0.05) is 24.8 Å². The standard InChI is InChI=1S/C26H36N4O3/c1-29-15-11-21(12-16-29)18-28-25(31)20-30-14-5-2-6-17-32-23-9-3-4-10-24(23)33-26-22(19-30)8-7-13-27-26/h3-4,7-10,13,21H,2,5-6,11-12,14-20H2,1H3,(H,28,31). The summed E-state index contributed by atoms with van der Waals surface area (Å²) in [6.45, 7) is 5.50. The van der Waals surface area contributed by atoms with Crippen LogP contribution in [0.15, 0.2) is 42.6 Å². The van der Waals surface area contributed by atoms with Crippen molar-refractivity contribution in [1.82, 2.24) is 20.1 Å². The van der Waals surface area contributed by atoms with Crippen LogP contribution >= 0.6 is 0 Å². The number of pyridine rings is 1. The molecule has 7 heteroatoms. The van der Waals surface area contributed by atoms with Crippen molar-refractivity contribution in [3.8, 4) is 17.4 Å². The number of aromatic nitrogens is 1. The van der Waals surface area contributed by atoms with Crippen LogP contribution in [0, 0.1) is 5.92 Å². The van der Waals surface area contributed by atoms with E-state index in [-0.39, 0.29) is 5.91 Å². The van der Waals surface area contributed by atoms with E-state index in [9.17, 15) is 4.79 Å². The summed E-state index contributed by atoms with van der Waals surface area (Å²) in [5.41, 5.74) is 0.967. The van der Waals surface area contributed by atoms with Crippen molar-refractivity contribution in [1.29, 1.82) is 0 Å². The number of carbonyl (C=O) groups excluding carboxylic acids is 1.